The minimum Gasteiger partial charge on any atom is -0.493 e. The van der Waals surface area contributed by atoms with Crippen LogP contribution in [0.5, 0.6) is 11.5 Å². The average molecular weight is 277 g/mol. The predicted octanol–water partition coefficient (Wildman–Crippen LogP) is 3.93. The molecule has 2 rings (SSSR count). The first-order valence-corrected chi connectivity index (χ1v) is 7.67. The first-order chi connectivity index (χ1) is 9.69. The summed E-state index contributed by atoms with van der Waals surface area (Å²) in [6, 6.07) is 7.27. The molecule has 1 fully saturated rings. The van der Waals surface area contributed by atoms with Gasteiger partial charge < -0.3 is 14.8 Å². The molecule has 1 saturated carbocycles. The molecule has 1 aromatic rings. The van der Waals surface area contributed by atoms with E-state index in [1.54, 1.807) is 14.2 Å². The molecule has 1 aliphatic rings. The molecule has 3 unspecified atom stereocenters. The summed E-state index contributed by atoms with van der Waals surface area (Å²) in [5, 5.41) is 3.82. The van der Waals surface area contributed by atoms with Gasteiger partial charge >= 0.3 is 0 Å². The lowest BCUT2D eigenvalue weighted by Crippen LogP contribution is -2.34. The van der Waals surface area contributed by atoms with Crippen LogP contribution >= 0.6 is 0 Å². The van der Waals surface area contributed by atoms with E-state index in [9.17, 15) is 0 Å². The van der Waals surface area contributed by atoms with Gasteiger partial charge in [-0.15, -0.1) is 0 Å². The van der Waals surface area contributed by atoms with E-state index in [0.717, 1.165) is 23.8 Å². The van der Waals surface area contributed by atoms with Gasteiger partial charge in [0.15, 0.2) is 11.5 Å². The molecule has 3 heteroatoms. The average Bonchev–Trinajstić information content (AvgIpc) is 2.89. The van der Waals surface area contributed by atoms with Crippen LogP contribution in [-0.4, -0.2) is 20.3 Å². The van der Waals surface area contributed by atoms with E-state index in [2.05, 4.69) is 31.3 Å². The Labute approximate surface area is 122 Å². The second-order valence-corrected chi connectivity index (χ2v) is 5.76. The van der Waals surface area contributed by atoms with Gasteiger partial charge in [-0.3, -0.25) is 0 Å². The van der Waals surface area contributed by atoms with Crippen LogP contribution in [0.1, 0.15) is 51.1 Å². The molecule has 0 heterocycles. The maximum atomic E-state index is 5.41. The highest BCUT2D eigenvalue weighted by Gasteiger charge is 2.25. The molecular formula is C17H27NO2. The Morgan fingerprint density at radius 1 is 1.20 bits per heavy atom. The highest BCUT2D eigenvalue weighted by molar-refractivity contribution is 5.43. The SMILES string of the molecule is CCC(NC1CCCC1C)c1ccc(OC)c(OC)c1. The van der Waals surface area contributed by atoms with Crippen molar-refractivity contribution < 1.29 is 9.47 Å². The van der Waals surface area contributed by atoms with Gasteiger partial charge in [0, 0.05) is 12.1 Å². The van der Waals surface area contributed by atoms with Crippen molar-refractivity contribution in [2.75, 3.05) is 14.2 Å². The van der Waals surface area contributed by atoms with Crippen molar-refractivity contribution in [2.24, 2.45) is 5.92 Å². The third-order valence-corrected chi connectivity index (χ3v) is 4.49. The van der Waals surface area contributed by atoms with Crippen LogP contribution in [0, 0.1) is 5.92 Å². The zero-order valence-electron chi connectivity index (χ0n) is 13.1. The lowest BCUT2D eigenvalue weighted by atomic mass is 9.99. The highest BCUT2D eigenvalue weighted by Crippen LogP contribution is 2.33. The fraction of sp³-hybridized carbons (Fsp3) is 0.647. The summed E-state index contributed by atoms with van der Waals surface area (Å²) in [4.78, 5) is 0. The minimum atomic E-state index is 0.389. The van der Waals surface area contributed by atoms with Crippen LogP contribution in [0.25, 0.3) is 0 Å². The Hall–Kier alpha value is -1.22. The third-order valence-electron chi connectivity index (χ3n) is 4.49. The number of hydrogen-bond acceptors (Lipinski definition) is 3. The number of methoxy groups -OCH3 is 2. The molecule has 0 aliphatic heterocycles. The summed E-state index contributed by atoms with van der Waals surface area (Å²) in [7, 11) is 3.36. The molecule has 0 saturated heterocycles. The van der Waals surface area contributed by atoms with Gasteiger partial charge in [-0.25, -0.2) is 0 Å². The maximum absolute atomic E-state index is 5.41. The fourth-order valence-corrected chi connectivity index (χ4v) is 3.17. The van der Waals surface area contributed by atoms with Crippen molar-refractivity contribution >= 4 is 0 Å². The van der Waals surface area contributed by atoms with Gasteiger partial charge in [-0.05, 0) is 42.9 Å². The minimum absolute atomic E-state index is 0.389. The van der Waals surface area contributed by atoms with E-state index in [-0.39, 0.29) is 0 Å². The van der Waals surface area contributed by atoms with Gasteiger partial charge in [0.1, 0.15) is 0 Å². The molecule has 1 N–H and O–H groups in total. The van der Waals surface area contributed by atoms with Crippen molar-refractivity contribution in [3.8, 4) is 11.5 Å². The van der Waals surface area contributed by atoms with Crippen molar-refractivity contribution in [1.82, 2.24) is 5.32 Å². The normalized spacial score (nSPS) is 23.6. The number of ether oxygens (including phenoxy) is 2. The van der Waals surface area contributed by atoms with E-state index in [0.29, 0.717) is 12.1 Å². The summed E-state index contributed by atoms with van der Waals surface area (Å²) in [5.41, 5.74) is 1.28. The number of benzene rings is 1. The molecule has 0 amide bonds. The smallest absolute Gasteiger partial charge is 0.161 e. The predicted molar refractivity (Wildman–Crippen MR) is 82.5 cm³/mol. The van der Waals surface area contributed by atoms with Crippen molar-refractivity contribution in [2.45, 2.75) is 51.6 Å². The Kier molecular flexibility index (Phi) is 5.30. The zero-order valence-corrected chi connectivity index (χ0v) is 13.1. The maximum Gasteiger partial charge on any atom is 0.161 e. The van der Waals surface area contributed by atoms with Crippen LogP contribution in [0.15, 0.2) is 18.2 Å². The molecule has 20 heavy (non-hydrogen) atoms. The molecule has 0 aromatic heterocycles. The van der Waals surface area contributed by atoms with Crippen molar-refractivity contribution in [1.29, 1.82) is 0 Å². The fourth-order valence-electron chi connectivity index (χ4n) is 3.17. The van der Waals surface area contributed by atoms with E-state index in [1.165, 1.54) is 24.8 Å². The molecule has 3 atom stereocenters. The number of nitrogens with one attached hydrogen (secondary N) is 1. The van der Waals surface area contributed by atoms with Crippen LogP contribution < -0.4 is 14.8 Å². The first kappa shape index (κ1) is 15.2. The standard InChI is InChI=1S/C17H27NO2/c1-5-14(18-15-8-6-7-12(15)2)13-9-10-16(19-3)17(11-13)20-4/h9-12,14-15,18H,5-8H2,1-4H3. The molecule has 0 radical (unpaired) electrons. The van der Waals surface area contributed by atoms with Crippen LogP contribution in [0.2, 0.25) is 0 Å². The van der Waals surface area contributed by atoms with Crippen LogP contribution in [0.3, 0.4) is 0 Å². The third kappa shape index (κ3) is 3.26. The molecule has 112 valence electrons. The lowest BCUT2D eigenvalue weighted by Gasteiger charge is -2.25. The second kappa shape index (κ2) is 6.98. The number of hydrogen-bond donors (Lipinski definition) is 1. The topological polar surface area (TPSA) is 30.5 Å². The van der Waals surface area contributed by atoms with Gasteiger partial charge in [0.2, 0.25) is 0 Å². The lowest BCUT2D eigenvalue weighted by molar-refractivity contribution is 0.349. The Bertz CT molecular complexity index is 433. The Morgan fingerprint density at radius 3 is 2.50 bits per heavy atom. The summed E-state index contributed by atoms with van der Waals surface area (Å²) in [6.45, 7) is 4.58. The zero-order chi connectivity index (χ0) is 14.5. The summed E-state index contributed by atoms with van der Waals surface area (Å²) in [5.74, 6) is 2.38. The van der Waals surface area contributed by atoms with Gasteiger partial charge in [0.05, 0.1) is 14.2 Å². The summed E-state index contributed by atoms with van der Waals surface area (Å²) in [6.07, 6.45) is 5.07. The quantitative estimate of drug-likeness (QED) is 0.854. The van der Waals surface area contributed by atoms with E-state index >= 15 is 0 Å². The van der Waals surface area contributed by atoms with Crippen molar-refractivity contribution in [3.63, 3.8) is 0 Å². The van der Waals surface area contributed by atoms with Crippen LogP contribution in [-0.2, 0) is 0 Å². The molecule has 3 nitrogen and oxygen atoms in total. The Balaban J connectivity index is 2.14. The summed E-state index contributed by atoms with van der Waals surface area (Å²) >= 11 is 0. The number of rotatable bonds is 6. The van der Waals surface area contributed by atoms with Crippen LogP contribution in [0.4, 0.5) is 0 Å². The van der Waals surface area contributed by atoms with Gasteiger partial charge in [-0.1, -0.05) is 26.3 Å². The van der Waals surface area contributed by atoms with Gasteiger partial charge in [-0.2, -0.15) is 0 Å². The first-order valence-electron chi connectivity index (χ1n) is 7.67. The molecule has 0 spiro atoms. The van der Waals surface area contributed by atoms with E-state index in [4.69, 9.17) is 9.47 Å². The van der Waals surface area contributed by atoms with E-state index in [1.807, 2.05) is 6.07 Å². The largest absolute Gasteiger partial charge is 0.493 e. The molecular weight excluding hydrogens is 250 g/mol. The second-order valence-electron chi connectivity index (χ2n) is 5.76. The molecule has 1 aliphatic carbocycles. The molecule has 1 aromatic carbocycles. The van der Waals surface area contributed by atoms with Crippen molar-refractivity contribution in [3.05, 3.63) is 23.8 Å². The van der Waals surface area contributed by atoms with E-state index < -0.39 is 0 Å². The Morgan fingerprint density at radius 2 is 1.95 bits per heavy atom. The monoisotopic (exact) mass is 277 g/mol. The summed E-state index contributed by atoms with van der Waals surface area (Å²) < 4.78 is 10.7. The highest BCUT2D eigenvalue weighted by atomic mass is 16.5. The molecule has 0 bridgehead atoms. The van der Waals surface area contributed by atoms with Gasteiger partial charge in [0.25, 0.3) is 0 Å².